The molecule has 5 nitrogen and oxygen atoms in total. The van der Waals surface area contributed by atoms with Gasteiger partial charge in [0.1, 0.15) is 11.9 Å². The van der Waals surface area contributed by atoms with Gasteiger partial charge in [-0.1, -0.05) is 30.3 Å². The van der Waals surface area contributed by atoms with Gasteiger partial charge in [0.2, 0.25) is 0 Å². The number of hydrazone groups is 1. The van der Waals surface area contributed by atoms with E-state index in [0.29, 0.717) is 6.10 Å². The third-order valence-corrected chi connectivity index (χ3v) is 4.97. The number of carbonyl (C=O) groups excluding carboxylic acids is 1. The van der Waals surface area contributed by atoms with Crippen molar-refractivity contribution in [1.82, 2.24) is 5.43 Å². The van der Waals surface area contributed by atoms with Crippen LogP contribution in [0.15, 0.2) is 59.7 Å². The predicted octanol–water partition coefficient (Wildman–Crippen LogP) is 3.02. The van der Waals surface area contributed by atoms with Crippen LogP contribution < -0.4 is 10.2 Å². The Labute approximate surface area is 151 Å². The van der Waals surface area contributed by atoms with Crippen LogP contribution in [-0.2, 0) is 9.53 Å². The average molecular weight is 356 g/mol. The molecule has 2 aromatic rings. The van der Waals surface area contributed by atoms with Gasteiger partial charge in [0.15, 0.2) is 6.10 Å². The molecule has 0 unspecified atom stereocenters. The summed E-state index contributed by atoms with van der Waals surface area (Å²) >= 11 is 1.89. The van der Waals surface area contributed by atoms with Crippen LogP contribution in [0.25, 0.3) is 0 Å². The number of hydrogen-bond donors (Lipinski definition) is 1. The number of thioether (sulfide) groups is 1. The van der Waals surface area contributed by atoms with Gasteiger partial charge in [0.25, 0.3) is 5.91 Å². The second-order valence-corrected chi connectivity index (χ2v) is 6.68. The van der Waals surface area contributed by atoms with Gasteiger partial charge in [-0.15, -0.1) is 0 Å². The molecule has 0 aromatic heterocycles. The van der Waals surface area contributed by atoms with E-state index < -0.39 is 6.10 Å². The monoisotopic (exact) mass is 356 g/mol. The highest BCUT2D eigenvalue weighted by Crippen LogP contribution is 2.23. The quantitative estimate of drug-likeness (QED) is 0.612. The average Bonchev–Trinajstić information content (AvgIpc) is 2.61. The first-order chi connectivity index (χ1) is 12.3. The van der Waals surface area contributed by atoms with Crippen LogP contribution in [0, 0.1) is 0 Å². The fourth-order valence-electron chi connectivity index (χ4n) is 2.36. The molecule has 130 valence electrons. The number of nitrogens with one attached hydrogen (secondary N) is 1. The van der Waals surface area contributed by atoms with Gasteiger partial charge in [0, 0.05) is 18.6 Å². The highest BCUT2D eigenvalue weighted by atomic mass is 32.2. The molecule has 25 heavy (non-hydrogen) atoms. The molecule has 0 bridgehead atoms. The Morgan fingerprint density at radius 1 is 1.20 bits per heavy atom. The summed E-state index contributed by atoms with van der Waals surface area (Å²) in [6.07, 6.45) is 1.24. The number of carbonyl (C=O) groups is 1. The Bertz CT molecular complexity index is 715. The van der Waals surface area contributed by atoms with Crippen molar-refractivity contribution in [2.45, 2.75) is 12.2 Å². The summed E-state index contributed by atoms with van der Waals surface area (Å²) in [5, 5.41) is 4.01. The second kappa shape index (κ2) is 8.69. The van der Waals surface area contributed by atoms with Crippen LogP contribution in [0.4, 0.5) is 0 Å². The Balaban J connectivity index is 1.53. The van der Waals surface area contributed by atoms with E-state index in [2.05, 4.69) is 10.5 Å². The van der Waals surface area contributed by atoms with Crippen molar-refractivity contribution >= 4 is 23.9 Å². The summed E-state index contributed by atoms with van der Waals surface area (Å²) < 4.78 is 11.1. The molecule has 0 aliphatic carbocycles. The lowest BCUT2D eigenvalue weighted by Crippen LogP contribution is -2.30. The molecule has 6 heteroatoms. The molecule has 1 saturated heterocycles. The molecule has 1 atom stereocenters. The maximum absolute atomic E-state index is 12.2. The zero-order chi connectivity index (χ0) is 17.5. The number of methoxy groups -OCH3 is 1. The lowest BCUT2D eigenvalue weighted by molar-refractivity contribution is -0.131. The van der Waals surface area contributed by atoms with Gasteiger partial charge < -0.3 is 9.47 Å². The number of hydrogen-bond acceptors (Lipinski definition) is 5. The Hall–Kier alpha value is -2.31. The van der Waals surface area contributed by atoms with E-state index in [9.17, 15) is 4.79 Å². The number of nitrogens with zero attached hydrogens (tertiary/aromatic N) is 1. The normalized spacial score (nSPS) is 15.6. The van der Waals surface area contributed by atoms with Gasteiger partial charge in [0.05, 0.1) is 6.21 Å². The predicted molar refractivity (Wildman–Crippen MR) is 100 cm³/mol. The topological polar surface area (TPSA) is 59.9 Å². The summed E-state index contributed by atoms with van der Waals surface area (Å²) in [5.41, 5.74) is 4.18. The van der Waals surface area contributed by atoms with Gasteiger partial charge in [-0.25, -0.2) is 5.43 Å². The number of benzene rings is 2. The molecule has 1 aliphatic rings. The lowest BCUT2D eigenvalue weighted by Gasteiger charge is -2.25. The van der Waals surface area contributed by atoms with Crippen molar-refractivity contribution < 1.29 is 14.3 Å². The SMILES string of the molecule is CO[C@H](C(=O)N/N=C\c1ccc(OC2CSC2)cc1)c1ccccc1. The smallest absolute Gasteiger partial charge is 0.273 e. The third kappa shape index (κ3) is 4.84. The van der Waals surface area contributed by atoms with Gasteiger partial charge in [-0.05, 0) is 35.4 Å². The van der Waals surface area contributed by atoms with Crippen LogP contribution in [0.1, 0.15) is 17.2 Å². The first kappa shape index (κ1) is 17.5. The second-order valence-electron chi connectivity index (χ2n) is 5.61. The zero-order valence-corrected chi connectivity index (χ0v) is 14.7. The Morgan fingerprint density at radius 3 is 2.52 bits per heavy atom. The highest BCUT2D eigenvalue weighted by molar-refractivity contribution is 8.00. The van der Waals surface area contributed by atoms with E-state index in [-0.39, 0.29) is 5.91 Å². The maximum atomic E-state index is 12.2. The van der Waals surface area contributed by atoms with E-state index in [1.165, 1.54) is 7.11 Å². The summed E-state index contributed by atoms with van der Waals surface area (Å²) in [4.78, 5) is 12.2. The van der Waals surface area contributed by atoms with Crippen LogP contribution in [0.5, 0.6) is 5.75 Å². The molecule has 0 spiro atoms. The molecule has 0 radical (unpaired) electrons. The molecular weight excluding hydrogens is 336 g/mol. The number of amides is 1. The van der Waals surface area contributed by atoms with Crippen molar-refractivity contribution in [1.29, 1.82) is 0 Å². The van der Waals surface area contributed by atoms with Gasteiger partial charge >= 0.3 is 0 Å². The van der Waals surface area contributed by atoms with E-state index in [1.807, 2.05) is 66.4 Å². The van der Waals surface area contributed by atoms with Gasteiger partial charge in [-0.2, -0.15) is 16.9 Å². The van der Waals surface area contributed by atoms with E-state index >= 15 is 0 Å². The molecule has 1 N–H and O–H groups in total. The Kier molecular flexibility index (Phi) is 6.09. The summed E-state index contributed by atoms with van der Waals surface area (Å²) in [5.74, 6) is 2.65. The third-order valence-electron chi connectivity index (χ3n) is 3.75. The minimum Gasteiger partial charge on any atom is -0.489 e. The number of ether oxygens (including phenoxy) is 2. The summed E-state index contributed by atoms with van der Waals surface area (Å²) in [7, 11) is 1.50. The van der Waals surface area contributed by atoms with Crippen LogP contribution >= 0.6 is 11.8 Å². The first-order valence-electron chi connectivity index (χ1n) is 8.01. The summed E-state index contributed by atoms with van der Waals surface area (Å²) in [6.45, 7) is 0. The molecule has 1 heterocycles. The van der Waals surface area contributed by atoms with E-state index in [0.717, 1.165) is 28.4 Å². The minimum atomic E-state index is -0.686. The molecule has 1 amide bonds. The highest BCUT2D eigenvalue weighted by Gasteiger charge is 2.20. The van der Waals surface area contributed by atoms with Crippen LogP contribution in [0.3, 0.4) is 0 Å². The van der Waals surface area contributed by atoms with Crippen LogP contribution in [-0.4, -0.2) is 36.8 Å². The summed E-state index contributed by atoms with van der Waals surface area (Å²) in [6, 6.07) is 16.9. The van der Waals surface area contributed by atoms with Gasteiger partial charge in [-0.3, -0.25) is 4.79 Å². The standard InChI is InChI=1S/C19H20N2O3S/c1-23-18(15-5-3-2-4-6-15)19(22)21-20-11-14-7-9-16(10-8-14)24-17-12-25-13-17/h2-11,17-18H,12-13H2,1H3,(H,21,22)/b20-11-/t18-/m0/s1. The van der Waals surface area contributed by atoms with Crippen molar-refractivity contribution in [3.63, 3.8) is 0 Å². The lowest BCUT2D eigenvalue weighted by atomic mass is 10.1. The van der Waals surface area contributed by atoms with Crippen molar-refractivity contribution in [2.24, 2.45) is 5.10 Å². The molecule has 2 aromatic carbocycles. The molecule has 1 aliphatic heterocycles. The molecular formula is C19H20N2O3S. The van der Waals surface area contributed by atoms with Crippen molar-refractivity contribution in [3.8, 4) is 5.75 Å². The zero-order valence-electron chi connectivity index (χ0n) is 13.9. The Morgan fingerprint density at radius 2 is 1.92 bits per heavy atom. The van der Waals surface area contributed by atoms with Crippen molar-refractivity contribution in [3.05, 3.63) is 65.7 Å². The largest absolute Gasteiger partial charge is 0.489 e. The van der Waals surface area contributed by atoms with Crippen LogP contribution in [0.2, 0.25) is 0 Å². The molecule has 0 saturated carbocycles. The minimum absolute atomic E-state index is 0.313. The fourth-order valence-corrected chi connectivity index (χ4v) is 2.92. The molecule has 1 fully saturated rings. The molecule has 3 rings (SSSR count). The number of rotatable bonds is 7. The van der Waals surface area contributed by atoms with E-state index in [4.69, 9.17) is 9.47 Å². The first-order valence-corrected chi connectivity index (χ1v) is 9.17. The fraction of sp³-hybridized carbons (Fsp3) is 0.263. The maximum Gasteiger partial charge on any atom is 0.273 e. The van der Waals surface area contributed by atoms with E-state index in [1.54, 1.807) is 6.21 Å². The van der Waals surface area contributed by atoms with Crippen molar-refractivity contribution in [2.75, 3.05) is 18.6 Å².